The first kappa shape index (κ1) is 25.4. The van der Waals surface area contributed by atoms with Gasteiger partial charge in [-0.25, -0.2) is 13.8 Å². The number of hydrogen-bond acceptors (Lipinski definition) is 5. The van der Waals surface area contributed by atoms with Crippen LogP contribution in [0, 0.1) is 11.6 Å². The molecule has 0 unspecified atom stereocenters. The number of imidazole rings is 1. The molecule has 9 heteroatoms. The first-order valence-electron chi connectivity index (χ1n) is 13.0. The Bertz CT molecular complexity index is 1210. The number of piperazine rings is 1. The van der Waals surface area contributed by atoms with Crippen molar-refractivity contribution in [2.75, 3.05) is 31.5 Å². The molecule has 2 aliphatic heterocycles. The Labute approximate surface area is 216 Å². The van der Waals surface area contributed by atoms with Crippen molar-refractivity contribution in [2.45, 2.75) is 51.4 Å². The minimum atomic E-state index is -0.281. The quantitative estimate of drug-likeness (QED) is 0.526. The minimum absolute atomic E-state index is 0.168. The van der Waals surface area contributed by atoms with Crippen molar-refractivity contribution in [3.8, 4) is 5.69 Å². The monoisotopic (exact) mass is 508 g/mol. The zero-order valence-corrected chi connectivity index (χ0v) is 21.3. The van der Waals surface area contributed by atoms with E-state index >= 15 is 4.39 Å². The third kappa shape index (κ3) is 5.99. The summed E-state index contributed by atoms with van der Waals surface area (Å²) in [6.07, 6.45) is 4.82. The molecular weight excluding hydrogens is 474 g/mol. The van der Waals surface area contributed by atoms with Gasteiger partial charge in [0, 0.05) is 74.5 Å². The number of aromatic nitrogens is 2. The summed E-state index contributed by atoms with van der Waals surface area (Å²) in [5.74, 6) is -0.434. The maximum Gasteiger partial charge on any atom is 0.290 e. The molecule has 196 valence electrons. The lowest BCUT2D eigenvalue weighted by molar-refractivity contribution is 0.0704. The van der Waals surface area contributed by atoms with Gasteiger partial charge >= 0.3 is 0 Å². The molecule has 2 fully saturated rings. The maximum absolute atomic E-state index is 15.1. The van der Waals surface area contributed by atoms with Crippen LogP contribution in [0.1, 0.15) is 42.9 Å². The van der Waals surface area contributed by atoms with Gasteiger partial charge in [-0.15, -0.1) is 0 Å². The molecule has 0 aliphatic carbocycles. The molecule has 0 radical (unpaired) electrons. The first-order chi connectivity index (χ1) is 17.9. The van der Waals surface area contributed by atoms with E-state index in [1.807, 2.05) is 12.1 Å². The molecule has 3 aromatic rings. The van der Waals surface area contributed by atoms with Crippen molar-refractivity contribution < 1.29 is 13.6 Å². The Morgan fingerprint density at radius 1 is 1.05 bits per heavy atom. The van der Waals surface area contributed by atoms with Gasteiger partial charge in [0.2, 0.25) is 5.82 Å². The third-order valence-corrected chi connectivity index (χ3v) is 7.17. The standard InChI is InChI=1S/C28H34F2N6O/c1-19-16-34(17-20(2)32-19)18-21-3-8-25(15-26(21)30)36-14-11-31-27(36)28(37)35-12-9-24(10-13-35)33-23-6-4-22(29)5-7-23/h3-8,11,14-15,19-20,24,32-33H,9-10,12-13,16-18H2,1-2H3/t19-,20+. The number of rotatable bonds is 6. The Balaban J connectivity index is 1.22. The van der Waals surface area contributed by atoms with Crippen molar-refractivity contribution in [1.82, 2.24) is 24.7 Å². The number of anilines is 1. The highest BCUT2D eigenvalue weighted by Gasteiger charge is 2.27. The second kappa shape index (κ2) is 11.0. The lowest BCUT2D eigenvalue weighted by atomic mass is 10.0. The van der Waals surface area contributed by atoms with Gasteiger partial charge in [0.05, 0.1) is 5.69 Å². The van der Waals surface area contributed by atoms with Gasteiger partial charge in [-0.3, -0.25) is 14.3 Å². The SMILES string of the molecule is C[C@@H]1CN(Cc2ccc(-n3ccnc3C(=O)N3CCC(Nc4ccc(F)cc4)CC3)cc2F)C[C@H](C)N1. The zero-order chi connectivity index (χ0) is 25.9. The van der Waals surface area contributed by atoms with E-state index < -0.39 is 0 Å². The van der Waals surface area contributed by atoms with Crippen LogP contribution in [0.25, 0.3) is 5.69 Å². The summed E-state index contributed by atoms with van der Waals surface area (Å²) in [6, 6.07) is 12.4. The molecule has 37 heavy (non-hydrogen) atoms. The summed E-state index contributed by atoms with van der Waals surface area (Å²) in [4.78, 5) is 21.7. The van der Waals surface area contributed by atoms with Gasteiger partial charge in [-0.1, -0.05) is 6.07 Å². The third-order valence-electron chi connectivity index (χ3n) is 7.17. The van der Waals surface area contributed by atoms with Crippen molar-refractivity contribution in [2.24, 2.45) is 0 Å². The molecule has 3 heterocycles. The second-order valence-electron chi connectivity index (χ2n) is 10.3. The molecule has 5 rings (SSSR count). The molecule has 2 saturated heterocycles. The second-order valence-corrected chi connectivity index (χ2v) is 10.3. The van der Waals surface area contributed by atoms with Crippen LogP contribution in [-0.4, -0.2) is 69.6 Å². The number of carbonyl (C=O) groups excluding carboxylic acids is 1. The lowest BCUT2D eigenvalue weighted by Crippen LogP contribution is -2.53. The molecule has 2 aromatic carbocycles. The van der Waals surface area contributed by atoms with E-state index in [9.17, 15) is 9.18 Å². The Morgan fingerprint density at radius 2 is 1.76 bits per heavy atom. The number of benzene rings is 2. The predicted molar refractivity (Wildman–Crippen MR) is 140 cm³/mol. The summed E-state index contributed by atoms with van der Waals surface area (Å²) >= 11 is 0. The molecule has 2 N–H and O–H groups in total. The number of likely N-dealkylation sites (tertiary alicyclic amines) is 1. The summed E-state index contributed by atoms with van der Waals surface area (Å²) in [5, 5.41) is 6.91. The lowest BCUT2D eigenvalue weighted by Gasteiger charge is -2.36. The van der Waals surface area contributed by atoms with Gasteiger partial charge in [0.15, 0.2) is 0 Å². The highest BCUT2D eigenvalue weighted by Crippen LogP contribution is 2.22. The summed E-state index contributed by atoms with van der Waals surface area (Å²) in [7, 11) is 0. The average Bonchev–Trinajstić information content (AvgIpc) is 3.36. The molecule has 7 nitrogen and oxygen atoms in total. The molecule has 1 aromatic heterocycles. The molecule has 0 bridgehead atoms. The van der Waals surface area contributed by atoms with Gasteiger partial charge in [0.25, 0.3) is 5.91 Å². The van der Waals surface area contributed by atoms with Crippen LogP contribution in [0.2, 0.25) is 0 Å². The smallest absolute Gasteiger partial charge is 0.290 e. The van der Waals surface area contributed by atoms with Crippen molar-refractivity contribution in [3.63, 3.8) is 0 Å². The van der Waals surface area contributed by atoms with Gasteiger partial charge in [-0.2, -0.15) is 0 Å². The number of nitrogens with one attached hydrogen (secondary N) is 2. The number of hydrogen-bond donors (Lipinski definition) is 2. The van der Waals surface area contributed by atoms with Crippen molar-refractivity contribution >= 4 is 11.6 Å². The van der Waals surface area contributed by atoms with E-state index in [1.165, 1.54) is 18.2 Å². The normalized spacial score (nSPS) is 21.2. The van der Waals surface area contributed by atoms with Crippen molar-refractivity contribution in [3.05, 3.63) is 77.9 Å². The van der Waals surface area contributed by atoms with E-state index in [4.69, 9.17) is 0 Å². The molecule has 2 atom stereocenters. The van der Waals surface area contributed by atoms with Gasteiger partial charge in [-0.05, 0) is 63.1 Å². The Kier molecular flexibility index (Phi) is 7.53. The maximum atomic E-state index is 15.1. The molecular formula is C28H34F2N6O. The molecule has 0 spiro atoms. The summed E-state index contributed by atoms with van der Waals surface area (Å²) in [5.41, 5.74) is 2.10. The van der Waals surface area contributed by atoms with Crippen LogP contribution < -0.4 is 10.6 Å². The average molecular weight is 509 g/mol. The first-order valence-corrected chi connectivity index (χ1v) is 13.0. The van der Waals surface area contributed by atoms with E-state index in [2.05, 4.69) is 34.4 Å². The number of nitrogens with zero attached hydrogens (tertiary/aromatic N) is 4. The minimum Gasteiger partial charge on any atom is -0.382 e. The van der Waals surface area contributed by atoms with Crippen LogP contribution in [0.5, 0.6) is 0 Å². The van der Waals surface area contributed by atoms with E-state index in [1.54, 1.807) is 34.0 Å². The Hall–Kier alpha value is -3.30. The molecule has 2 aliphatic rings. The fourth-order valence-electron chi connectivity index (χ4n) is 5.44. The van der Waals surface area contributed by atoms with Crippen LogP contribution >= 0.6 is 0 Å². The number of amides is 1. The zero-order valence-electron chi connectivity index (χ0n) is 21.3. The fourth-order valence-corrected chi connectivity index (χ4v) is 5.44. The van der Waals surface area contributed by atoms with Crippen molar-refractivity contribution in [1.29, 1.82) is 0 Å². The van der Waals surface area contributed by atoms with Gasteiger partial charge < -0.3 is 15.5 Å². The fraction of sp³-hybridized carbons (Fsp3) is 0.429. The summed E-state index contributed by atoms with van der Waals surface area (Å²) in [6.45, 7) is 7.76. The van der Waals surface area contributed by atoms with Crippen LogP contribution in [0.4, 0.5) is 14.5 Å². The van der Waals surface area contributed by atoms with Crippen LogP contribution in [0.3, 0.4) is 0 Å². The van der Waals surface area contributed by atoms with E-state index in [0.29, 0.717) is 43.0 Å². The number of halogens is 2. The summed E-state index contributed by atoms with van der Waals surface area (Å²) < 4.78 is 29.9. The number of carbonyl (C=O) groups is 1. The van der Waals surface area contributed by atoms with Crippen LogP contribution in [0.15, 0.2) is 54.9 Å². The topological polar surface area (TPSA) is 65.4 Å². The molecule has 0 saturated carbocycles. The molecule has 1 amide bonds. The number of piperidine rings is 1. The predicted octanol–water partition coefficient (Wildman–Crippen LogP) is 4.05. The van der Waals surface area contributed by atoms with E-state index in [-0.39, 0.29) is 29.4 Å². The Morgan fingerprint density at radius 3 is 2.43 bits per heavy atom. The van der Waals surface area contributed by atoms with Gasteiger partial charge in [0.1, 0.15) is 11.6 Å². The largest absolute Gasteiger partial charge is 0.382 e. The van der Waals surface area contributed by atoms with E-state index in [0.717, 1.165) is 31.6 Å². The van der Waals surface area contributed by atoms with Crippen LogP contribution in [-0.2, 0) is 6.54 Å². The highest BCUT2D eigenvalue weighted by atomic mass is 19.1. The highest BCUT2D eigenvalue weighted by molar-refractivity contribution is 5.91.